The van der Waals surface area contributed by atoms with E-state index in [2.05, 4.69) is 10.3 Å². The van der Waals surface area contributed by atoms with Crippen molar-refractivity contribution >= 4 is 22.4 Å². The Hall–Kier alpha value is -2.88. The summed E-state index contributed by atoms with van der Waals surface area (Å²) in [7, 11) is 0. The van der Waals surface area contributed by atoms with Gasteiger partial charge >= 0.3 is 0 Å². The van der Waals surface area contributed by atoms with E-state index >= 15 is 0 Å². The molecule has 2 aromatic carbocycles. The van der Waals surface area contributed by atoms with Crippen LogP contribution in [-0.4, -0.2) is 10.9 Å². The number of hydrogen-bond donors (Lipinski definition) is 2. The van der Waals surface area contributed by atoms with Gasteiger partial charge in [0.1, 0.15) is 5.69 Å². The van der Waals surface area contributed by atoms with Crippen LogP contribution in [0.1, 0.15) is 21.6 Å². The summed E-state index contributed by atoms with van der Waals surface area (Å²) in [5.41, 5.74) is 2.78. The van der Waals surface area contributed by atoms with Crippen LogP contribution in [-0.2, 0) is 0 Å². The molecule has 0 atom stereocenters. The van der Waals surface area contributed by atoms with Crippen LogP contribution in [0.25, 0.3) is 10.8 Å². The van der Waals surface area contributed by atoms with Crippen molar-refractivity contribution in [3.8, 4) is 0 Å². The van der Waals surface area contributed by atoms with Gasteiger partial charge in [0.25, 0.3) is 11.5 Å². The average molecular weight is 292 g/mol. The van der Waals surface area contributed by atoms with Crippen molar-refractivity contribution in [3.05, 3.63) is 75.7 Å². The molecule has 3 rings (SSSR count). The second-order valence-electron chi connectivity index (χ2n) is 5.37. The molecular formula is C18H16N2O2. The van der Waals surface area contributed by atoms with Crippen LogP contribution < -0.4 is 10.9 Å². The first-order valence-corrected chi connectivity index (χ1v) is 7.05. The molecule has 1 aromatic heterocycles. The van der Waals surface area contributed by atoms with Crippen LogP contribution in [0.15, 0.2) is 53.3 Å². The second kappa shape index (κ2) is 5.48. The zero-order valence-electron chi connectivity index (χ0n) is 12.4. The quantitative estimate of drug-likeness (QED) is 0.760. The summed E-state index contributed by atoms with van der Waals surface area (Å²) in [6, 6.07) is 14.7. The van der Waals surface area contributed by atoms with Gasteiger partial charge in [-0.15, -0.1) is 0 Å². The molecule has 0 aliphatic rings. The van der Waals surface area contributed by atoms with Crippen LogP contribution in [0.2, 0.25) is 0 Å². The predicted molar refractivity (Wildman–Crippen MR) is 88.4 cm³/mol. The van der Waals surface area contributed by atoms with E-state index in [-0.39, 0.29) is 17.2 Å². The van der Waals surface area contributed by atoms with Crippen molar-refractivity contribution in [2.24, 2.45) is 0 Å². The molecule has 2 N–H and O–H groups in total. The summed E-state index contributed by atoms with van der Waals surface area (Å²) in [5, 5.41) is 4.17. The lowest BCUT2D eigenvalue weighted by molar-refractivity contribution is 0.102. The molecule has 3 aromatic rings. The minimum absolute atomic E-state index is 0.254. The highest BCUT2D eigenvalue weighted by atomic mass is 16.2. The number of carbonyl (C=O) groups excluding carboxylic acids is 1. The Kier molecular flexibility index (Phi) is 3.51. The van der Waals surface area contributed by atoms with Gasteiger partial charge in [-0.25, -0.2) is 0 Å². The van der Waals surface area contributed by atoms with E-state index in [0.717, 1.165) is 22.2 Å². The Balaban J connectivity index is 1.99. The van der Waals surface area contributed by atoms with Gasteiger partial charge in [0.15, 0.2) is 0 Å². The summed E-state index contributed by atoms with van der Waals surface area (Å²) in [6.45, 7) is 3.89. The van der Waals surface area contributed by atoms with Crippen molar-refractivity contribution in [3.63, 3.8) is 0 Å². The Morgan fingerprint density at radius 1 is 1.05 bits per heavy atom. The first-order valence-electron chi connectivity index (χ1n) is 7.05. The molecule has 0 saturated carbocycles. The molecule has 22 heavy (non-hydrogen) atoms. The number of anilines is 1. The number of aromatic nitrogens is 1. The number of aryl methyl sites for hydroxylation is 2. The summed E-state index contributed by atoms with van der Waals surface area (Å²) >= 11 is 0. The Morgan fingerprint density at radius 3 is 2.64 bits per heavy atom. The maximum atomic E-state index is 12.4. The van der Waals surface area contributed by atoms with Gasteiger partial charge in [-0.1, -0.05) is 30.3 Å². The summed E-state index contributed by atoms with van der Waals surface area (Å²) in [6.07, 6.45) is 0. The highest BCUT2D eigenvalue weighted by Gasteiger charge is 2.11. The average Bonchev–Trinajstić information content (AvgIpc) is 2.51. The number of fused-ring (bicyclic) bond motifs is 1. The normalized spacial score (nSPS) is 10.6. The van der Waals surface area contributed by atoms with Crippen LogP contribution in [0.5, 0.6) is 0 Å². The molecule has 110 valence electrons. The van der Waals surface area contributed by atoms with E-state index in [0.29, 0.717) is 5.39 Å². The molecule has 0 saturated heterocycles. The van der Waals surface area contributed by atoms with Crippen molar-refractivity contribution < 1.29 is 4.79 Å². The largest absolute Gasteiger partial charge is 0.320 e. The van der Waals surface area contributed by atoms with Gasteiger partial charge < -0.3 is 10.3 Å². The van der Waals surface area contributed by atoms with Gasteiger partial charge in [-0.2, -0.15) is 0 Å². The highest BCUT2D eigenvalue weighted by Crippen LogP contribution is 2.17. The van der Waals surface area contributed by atoms with Crippen LogP contribution in [0, 0.1) is 13.8 Å². The van der Waals surface area contributed by atoms with E-state index in [1.165, 1.54) is 0 Å². The lowest BCUT2D eigenvalue weighted by Crippen LogP contribution is -2.19. The fourth-order valence-electron chi connectivity index (χ4n) is 2.39. The first-order chi connectivity index (χ1) is 10.5. The molecule has 1 amide bonds. The van der Waals surface area contributed by atoms with Crippen molar-refractivity contribution in [1.29, 1.82) is 0 Å². The summed E-state index contributed by atoms with van der Waals surface area (Å²) in [5.74, 6) is -0.323. The third kappa shape index (κ3) is 2.63. The number of rotatable bonds is 2. The molecular weight excluding hydrogens is 276 g/mol. The summed E-state index contributed by atoms with van der Waals surface area (Å²) in [4.78, 5) is 27.1. The minimum atomic E-state index is -0.323. The minimum Gasteiger partial charge on any atom is -0.320 e. The molecule has 0 aliphatic carbocycles. The molecule has 0 unspecified atom stereocenters. The number of hydrogen-bond acceptors (Lipinski definition) is 2. The zero-order chi connectivity index (χ0) is 15.7. The standard InChI is InChI=1S/C18H16N2O2/c1-11-7-8-12(2)15(9-11)19-18(22)16-10-13-5-3-4-6-14(13)17(21)20-16/h3-10H,1-2H3,(H,19,22)(H,20,21). The third-order valence-corrected chi connectivity index (χ3v) is 3.64. The molecule has 0 aliphatic heterocycles. The number of benzene rings is 2. The van der Waals surface area contributed by atoms with Gasteiger partial charge in [-0.05, 0) is 48.6 Å². The van der Waals surface area contributed by atoms with E-state index in [1.54, 1.807) is 18.2 Å². The maximum Gasteiger partial charge on any atom is 0.272 e. The molecule has 0 spiro atoms. The Bertz CT molecular complexity index is 926. The topological polar surface area (TPSA) is 62.0 Å². The first kappa shape index (κ1) is 14.1. The van der Waals surface area contributed by atoms with Crippen LogP contribution in [0.4, 0.5) is 5.69 Å². The number of carbonyl (C=O) groups is 1. The van der Waals surface area contributed by atoms with Crippen LogP contribution >= 0.6 is 0 Å². The van der Waals surface area contributed by atoms with Gasteiger partial charge in [-0.3, -0.25) is 9.59 Å². The van der Waals surface area contributed by atoms with Crippen molar-refractivity contribution in [1.82, 2.24) is 4.98 Å². The SMILES string of the molecule is Cc1ccc(C)c(NC(=O)c2cc3ccccc3c(=O)[nH]2)c1. The lowest BCUT2D eigenvalue weighted by Gasteiger charge is -2.09. The number of H-pyrrole nitrogens is 1. The zero-order valence-corrected chi connectivity index (χ0v) is 12.4. The van der Waals surface area contributed by atoms with E-state index in [9.17, 15) is 9.59 Å². The molecule has 1 heterocycles. The van der Waals surface area contributed by atoms with Gasteiger partial charge in [0, 0.05) is 11.1 Å². The molecule has 0 bridgehead atoms. The van der Waals surface area contributed by atoms with Gasteiger partial charge in [0.2, 0.25) is 0 Å². The number of nitrogens with one attached hydrogen (secondary N) is 2. The summed E-state index contributed by atoms with van der Waals surface area (Å²) < 4.78 is 0. The Morgan fingerprint density at radius 2 is 1.82 bits per heavy atom. The molecule has 0 fully saturated rings. The molecule has 0 radical (unpaired) electrons. The van der Waals surface area contributed by atoms with E-state index in [1.807, 2.05) is 44.2 Å². The van der Waals surface area contributed by atoms with Crippen LogP contribution in [0.3, 0.4) is 0 Å². The second-order valence-corrected chi connectivity index (χ2v) is 5.37. The fraction of sp³-hybridized carbons (Fsp3) is 0.111. The monoisotopic (exact) mass is 292 g/mol. The third-order valence-electron chi connectivity index (χ3n) is 3.64. The van der Waals surface area contributed by atoms with E-state index < -0.39 is 0 Å². The van der Waals surface area contributed by atoms with Crippen molar-refractivity contribution in [2.45, 2.75) is 13.8 Å². The van der Waals surface area contributed by atoms with Crippen molar-refractivity contribution in [2.75, 3.05) is 5.32 Å². The van der Waals surface area contributed by atoms with E-state index in [4.69, 9.17) is 0 Å². The highest BCUT2D eigenvalue weighted by molar-refractivity contribution is 6.05. The predicted octanol–water partition coefficient (Wildman–Crippen LogP) is 3.40. The molecule has 4 nitrogen and oxygen atoms in total. The molecule has 4 heteroatoms. The number of pyridine rings is 1. The lowest BCUT2D eigenvalue weighted by atomic mass is 10.1. The maximum absolute atomic E-state index is 12.4. The Labute approximate surface area is 127 Å². The number of aromatic amines is 1. The number of amides is 1. The smallest absolute Gasteiger partial charge is 0.272 e. The fourth-order valence-corrected chi connectivity index (χ4v) is 2.39. The van der Waals surface area contributed by atoms with Gasteiger partial charge in [0.05, 0.1) is 0 Å².